The number of likely N-dealkylation sites (tertiary alicyclic amines) is 1. The van der Waals surface area contributed by atoms with Gasteiger partial charge in [0.15, 0.2) is 5.67 Å². The number of nitrogens with two attached hydrogens (primary N) is 1. The van der Waals surface area contributed by atoms with E-state index in [4.69, 9.17) is 5.73 Å². The SMILES string of the molecule is NC(=O)N1CC(F)(c2ccccc2)C1. The van der Waals surface area contributed by atoms with Gasteiger partial charge in [0, 0.05) is 0 Å². The van der Waals surface area contributed by atoms with Gasteiger partial charge in [-0.1, -0.05) is 30.3 Å². The van der Waals surface area contributed by atoms with Crippen LogP contribution in [0.1, 0.15) is 5.56 Å². The van der Waals surface area contributed by atoms with Crippen molar-refractivity contribution in [1.29, 1.82) is 0 Å². The number of halogens is 1. The van der Waals surface area contributed by atoms with Crippen molar-refractivity contribution in [3.05, 3.63) is 35.9 Å². The van der Waals surface area contributed by atoms with E-state index in [-0.39, 0.29) is 13.1 Å². The molecule has 0 saturated carbocycles. The molecule has 4 heteroatoms. The van der Waals surface area contributed by atoms with E-state index in [1.165, 1.54) is 4.90 Å². The molecule has 0 radical (unpaired) electrons. The topological polar surface area (TPSA) is 46.3 Å². The third-order valence-corrected chi connectivity index (χ3v) is 2.49. The average molecular weight is 194 g/mol. The van der Waals surface area contributed by atoms with Crippen molar-refractivity contribution in [3.8, 4) is 0 Å². The first-order valence-corrected chi connectivity index (χ1v) is 4.41. The highest BCUT2D eigenvalue weighted by molar-refractivity contribution is 5.73. The lowest BCUT2D eigenvalue weighted by Crippen LogP contribution is -2.60. The van der Waals surface area contributed by atoms with Gasteiger partial charge in [-0.05, 0) is 5.56 Å². The molecular formula is C10H11FN2O. The number of benzene rings is 1. The molecule has 14 heavy (non-hydrogen) atoms. The van der Waals surface area contributed by atoms with Crippen LogP contribution in [-0.4, -0.2) is 24.0 Å². The van der Waals surface area contributed by atoms with Gasteiger partial charge in [-0.2, -0.15) is 0 Å². The number of alkyl halides is 1. The Hall–Kier alpha value is -1.58. The van der Waals surface area contributed by atoms with Crippen molar-refractivity contribution in [2.45, 2.75) is 5.67 Å². The number of carbonyl (C=O) groups excluding carboxylic acids is 1. The van der Waals surface area contributed by atoms with Gasteiger partial charge >= 0.3 is 6.03 Å². The molecule has 0 aromatic heterocycles. The monoisotopic (exact) mass is 194 g/mol. The maximum Gasteiger partial charge on any atom is 0.315 e. The van der Waals surface area contributed by atoms with Gasteiger partial charge in [-0.3, -0.25) is 0 Å². The fourth-order valence-electron chi connectivity index (χ4n) is 1.63. The van der Waals surface area contributed by atoms with Gasteiger partial charge in [-0.25, -0.2) is 9.18 Å². The minimum atomic E-state index is -1.41. The zero-order chi connectivity index (χ0) is 10.2. The first-order valence-electron chi connectivity index (χ1n) is 4.41. The second-order valence-electron chi connectivity index (χ2n) is 3.53. The Kier molecular flexibility index (Phi) is 1.91. The van der Waals surface area contributed by atoms with Crippen LogP contribution in [0.15, 0.2) is 30.3 Å². The number of rotatable bonds is 1. The van der Waals surface area contributed by atoms with Crippen molar-refractivity contribution >= 4 is 6.03 Å². The van der Waals surface area contributed by atoms with Crippen LogP contribution in [0.5, 0.6) is 0 Å². The molecule has 1 aliphatic rings. The Balaban J connectivity index is 2.12. The molecule has 0 unspecified atom stereocenters. The molecule has 0 spiro atoms. The number of amides is 2. The fourth-order valence-corrected chi connectivity index (χ4v) is 1.63. The maximum atomic E-state index is 14.0. The number of urea groups is 1. The Labute approximate surface area is 81.3 Å². The first-order chi connectivity index (χ1) is 6.62. The largest absolute Gasteiger partial charge is 0.351 e. The molecule has 0 atom stereocenters. The first kappa shape index (κ1) is 8.99. The Bertz CT molecular complexity index is 346. The van der Waals surface area contributed by atoms with E-state index in [1.807, 2.05) is 6.07 Å². The number of primary amides is 1. The number of nitrogens with zero attached hydrogens (tertiary/aromatic N) is 1. The smallest absolute Gasteiger partial charge is 0.315 e. The molecular weight excluding hydrogens is 183 g/mol. The van der Waals surface area contributed by atoms with Crippen molar-refractivity contribution in [1.82, 2.24) is 4.90 Å². The van der Waals surface area contributed by atoms with Crippen LogP contribution in [0.25, 0.3) is 0 Å². The van der Waals surface area contributed by atoms with E-state index >= 15 is 0 Å². The summed E-state index contributed by atoms with van der Waals surface area (Å²) in [5, 5.41) is 0. The summed E-state index contributed by atoms with van der Waals surface area (Å²) in [5.41, 5.74) is 4.22. The zero-order valence-electron chi connectivity index (χ0n) is 7.61. The molecule has 1 heterocycles. The van der Waals surface area contributed by atoms with E-state index in [0.29, 0.717) is 5.56 Å². The summed E-state index contributed by atoms with van der Waals surface area (Å²) in [6.07, 6.45) is 0. The van der Waals surface area contributed by atoms with Crippen LogP contribution in [0.4, 0.5) is 9.18 Å². The highest BCUT2D eigenvalue weighted by Crippen LogP contribution is 2.35. The van der Waals surface area contributed by atoms with E-state index in [0.717, 1.165) is 0 Å². The number of hydrogen-bond donors (Lipinski definition) is 1. The molecule has 3 nitrogen and oxygen atoms in total. The molecule has 1 saturated heterocycles. The molecule has 2 amide bonds. The molecule has 2 rings (SSSR count). The highest BCUT2D eigenvalue weighted by Gasteiger charge is 2.46. The van der Waals surface area contributed by atoms with Crippen LogP contribution in [0.3, 0.4) is 0 Å². The van der Waals surface area contributed by atoms with E-state index in [2.05, 4.69) is 0 Å². The van der Waals surface area contributed by atoms with Gasteiger partial charge in [-0.15, -0.1) is 0 Å². The molecule has 1 fully saturated rings. The third-order valence-electron chi connectivity index (χ3n) is 2.49. The summed E-state index contributed by atoms with van der Waals surface area (Å²) in [7, 11) is 0. The second-order valence-corrected chi connectivity index (χ2v) is 3.53. The Morgan fingerprint density at radius 1 is 1.36 bits per heavy atom. The van der Waals surface area contributed by atoms with Crippen LogP contribution in [0, 0.1) is 0 Å². The quantitative estimate of drug-likeness (QED) is 0.718. The molecule has 0 aliphatic carbocycles. The lowest BCUT2D eigenvalue weighted by Gasteiger charge is -2.43. The number of carbonyl (C=O) groups is 1. The standard InChI is InChI=1S/C10H11FN2O/c11-10(6-13(7-10)9(12)14)8-4-2-1-3-5-8/h1-5H,6-7H2,(H2,12,14). The van der Waals surface area contributed by atoms with E-state index in [1.54, 1.807) is 24.3 Å². The minimum Gasteiger partial charge on any atom is -0.351 e. The molecule has 74 valence electrons. The highest BCUT2D eigenvalue weighted by atomic mass is 19.1. The zero-order valence-corrected chi connectivity index (χ0v) is 7.61. The van der Waals surface area contributed by atoms with E-state index < -0.39 is 11.7 Å². The molecule has 2 N–H and O–H groups in total. The predicted molar refractivity (Wildman–Crippen MR) is 50.4 cm³/mol. The summed E-state index contributed by atoms with van der Waals surface area (Å²) >= 11 is 0. The average Bonchev–Trinajstić information content (AvgIpc) is 2.14. The normalized spacial score (nSPS) is 18.8. The molecule has 1 aromatic rings. The lowest BCUT2D eigenvalue weighted by molar-refractivity contribution is -0.00660. The van der Waals surface area contributed by atoms with Crippen LogP contribution in [0.2, 0.25) is 0 Å². The van der Waals surface area contributed by atoms with Gasteiger partial charge in [0.25, 0.3) is 0 Å². The predicted octanol–water partition coefficient (Wildman–Crippen LogP) is 1.25. The Morgan fingerprint density at radius 2 is 1.93 bits per heavy atom. The van der Waals surface area contributed by atoms with Crippen LogP contribution < -0.4 is 5.73 Å². The number of hydrogen-bond acceptors (Lipinski definition) is 1. The summed E-state index contributed by atoms with van der Waals surface area (Å²) in [6.45, 7) is 0.124. The van der Waals surface area contributed by atoms with Gasteiger partial charge in [0.1, 0.15) is 0 Å². The molecule has 1 aliphatic heterocycles. The Morgan fingerprint density at radius 3 is 2.43 bits per heavy atom. The summed E-state index contributed by atoms with van der Waals surface area (Å²) in [4.78, 5) is 12.0. The molecule has 0 bridgehead atoms. The van der Waals surface area contributed by atoms with Gasteiger partial charge < -0.3 is 10.6 Å². The van der Waals surface area contributed by atoms with Crippen molar-refractivity contribution in [2.75, 3.05) is 13.1 Å². The van der Waals surface area contributed by atoms with E-state index in [9.17, 15) is 9.18 Å². The summed E-state index contributed by atoms with van der Waals surface area (Å²) in [5.74, 6) is 0. The molecule has 1 aromatic carbocycles. The van der Waals surface area contributed by atoms with Crippen molar-refractivity contribution in [3.63, 3.8) is 0 Å². The summed E-state index contributed by atoms with van der Waals surface area (Å²) in [6, 6.07) is 8.27. The fraction of sp³-hybridized carbons (Fsp3) is 0.300. The van der Waals surface area contributed by atoms with Crippen LogP contribution >= 0.6 is 0 Å². The maximum absolute atomic E-state index is 14.0. The second kappa shape index (κ2) is 2.97. The lowest BCUT2D eigenvalue weighted by atomic mass is 9.88. The summed E-state index contributed by atoms with van der Waals surface area (Å²) < 4.78 is 14.0. The van der Waals surface area contributed by atoms with Gasteiger partial charge in [0.05, 0.1) is 13.1 Å². The van der Waals surface area contributed by atoms with Crippen LogP contribution in [-0.2, 0) is 5.67 Å². The minimum absolute atomic E-state index is 0.0619. The van der Waals surface area contributed by atoms with Gasteiger partial charge in [0.2, 0.25) is 0 Å². The third kappa shape index (κ3) is 1.32. The van der Waals surface area contributed by atoms with Crippen molar-refractivity contribution in [2.24, 2.45) is 5.73 Å². The van der Waals surface area contributed by atoms with Crippen molar-refractivity contribution < 1.29 is 9.18 Å².